The van der Waals surface area contributed by atoms with E-state index in [1.165, 1.54) is 32.1 Å². The van der Waals surface area contributed by atoms with Gasteiger partial charge < -0.3 is 9.47 Å². The molecule has 2 fully saturated rings. The Kier molecular flexibility index (Phi) is 13.1. The van der Waals surface area contributed by atoms with Crippen molar-refractivity contribution in [3.63, 3.8) is 0 Å². The number of rotatable bonds is 2. The Labute approximate surface area is 122 Å². The third-order valence-corrected chi connectivity index (χ3v) is 3.67. The molecule has 2 atom stereocenters. The van der Waals surface area contributed by atoms with Crippen molar-refractivity contribution in [3.05, 3.63) is 0 Å². The second-order valence-electron chi connectivity index (χ2n) is 5.94. The van der Waals surface area contributed by atoms with E-state index in [4.69, 9.17) is 9.47 Å². The predicted octanol–water partition coefficient (Wildman–Crippen LogP) is 5.31. The first-order valence-electron chi connectivity index (χ1n) is 7.34. The fourth-order valence-corrected chi connectivity index (χ4v) is 2.42. The summed E-state index contributed by atoms with van der Waals surface area (Å²) in [5.41, 5.74) is 0. The minimum atomic E-state index is 0. The van der Waals surface area contributed by atoms with Crippen molar-refractivity contribution in [2.75, 3.05) is 13.2 Å². The average molecular weight is 274 g/mol. The van der Waals surface area contributed by atoms with Crippen LogP contribution in [0.15, 0.2) is 0 Å². The van der Waals surface area contributed by atoms with Gasteiger partial charge in [0.1, 0.15) is 0 Å². The lowest BCUT2D eigenvalue weighted by Gasteiger charge is -2.25. The van der Waals surface area contributed by atoms with Gasteiger partial charge in [-0.1, -0.05) is 42.5 Å². The van der Waals surface area contributed by atoms with Crippen LogP contribution in [0.25, 0.3) is 0 Å². The Bertz CT molecular complexity index is 178. The molecule has 0 radical (unpaired) electrons. The van der Waals surface area contributed by atoms with Gasteiger partial charge in [-0.25, -0.2) is 0 Å². The smallest absolute Gasteiger partial charge is 0.0598 e. The summed E-state index contributed by atoms with van der Waals surface area (Å²) in [4.78, 5) is 0. The summed E-state index contributed by atoms with van der Waals surface area (Å²) in [5, 5.41) is 0. The maximum atomic E-state index is 5.54. The number of ether oxygens (including phenoxy) is 2. The fourth-order valence-electron chi connectivity index (χ4n) is 2.42. The third-order valence-electron chi connectivity index (χ3n) is 3.67. The van der Waals surface area contributed by atoms with Crippen molar-refractivity contribution in [3.8, 4) is 0 Å². The molecule has 0 bridgehead atoms. The van der Waals surface area contributed by atoms with E-state index in [-0.39, 0.29) is 14.9 Å². The fraction of sp³-hybridized carbons (Fsp3) is 1.00. The van der Waals surface area contributed by atoms with Crippen LogP contribution in [0.1, 0.15) is 74.7 Å². The second-order valence-corrected chi connectivity index (χ2v) is 5.94. The molecule has 0 aromatic heterocycles. The van der Waals surface area contributed by atoms with Gasteiger partial charge in [0, 0.05) is 13.2 Å². The van der Waals surface area contributed by atoms with Gasteiger partial charge in [0.05, 0.1) is 12.2 Å². The lowest BCUT2D eigenvalue weighted by molar-refractivity contribution is -0.0115. The minimum Gasteiger partial charge on any atom is -0.378 e. The van der Waals surface area contributed by atoms with Gasteiger partial charge >= 0.3 is 0 Å². The molecule has 2 saturated heterocycles. The van der Waals surface area contributed by atoms with E-state index in [2.05, 4.69) is 27.7 Å². The van der Waals surface area contributed by atoms with Gasteiger partial charge in [-0.3, -0.25) is 0 Å². The highest BCUT2D eigenvalue weighted by molar-refractivity contribution is 4.67. The van der Waals surface area contributed by atoms with Crippen molar-refractivity contribution >= 4 is 0 Å². The van der Waals surface area contributed by atoms with Crippen LogP contribution in [0.2, 0.25) is 0 Å². The van der Waals surface area contributed by atoms with Crippen molar-refractivity contribution in [2.24, 2.45) is 11.8 Å². The summed E-state index contributed by atoms with van der Waals surface area (Å²) in [6.45, 7) is 10.9. The summed E-state index contributed by atoms with van der Waals surface area (Å²) >= 11 is 0. The molecule has 0 N–H and O–H groups in total. The monoisotopic (exact) mass is 274 g/mol. The molecule has 2 aliphatic rings. The lowest BCUT2D eigenvalue weighted by Crippen LogP contribution is -2.24. The molecular formula is C17H38O2. The maximum absolute atomic E-state index is 5.54. The third kappa shape index (κ3) is 8.65. The molecule has 2 rings (SSSR count). The second kappa shape index (κ2) is 11.7. The Balaban J connectivity index is 0. The quantitative estimate of drug-likeness (QED) is 0.680. The van der Waals surface area contributed by atoms with Gasteiger partial charge in [-0.15, -0.1) is 0 Å². The molecule has 0 amide bonds. The summed E-state index contributed by atoms with van der Waals surface area (Å²) in [5.74, 6) is 1.43. The lowest BCUT2D eigenvalue weighted by atomic mass is 9.99. The Morgan fingerprint density at radius 2 is 1.11 bits per heavy atom. The Morgan fingerprint density at radius 1 is 0.684 bits per heavy atom. The van der Waals surface area contributed by atoms with Crippen molar-refractivity contribution in [1.82, 2.24) is 0 Å². The van der Waals surface area contributed by atoms with Crippen molar-refractivity contribution < 1.29 is 9.47 Å². The molecule has 2 nitrogen and oxygen atoms in total. The number of hydrogen-bond donors (Lipinski definition) is 0. The van der Waals surface area contributed by atoms with Gasteiger partial charge in [-0.05, 0) is 43.9 Å². The molecule has 19 heavy (non-hydrogen) atoms. The molecule has 2 aliphatic heterocycles. The van der Waals surface area contributed by atoms with E-state index in [1.54, 1.807) is 0 Å². The predicted molar refractivity (Wildman–Crippen MR) is 85.7 cm³/mol. The van der Waals surface area contributed by atoms with E-state index >= 15 is 0 Å². The zero-order valence-corrected chi connectivity index (χ0v) is 12.1. The molecule has 2 heteroatoms. The normalized spacial score (nSPS) is 26.2. The zero-order valence-electron chi connectivity index (χ0n) is 12.1. The van der Waals surface area contributed by atoms with Gasteiger partial charge in [0.2, 0.25) is 0 Å². The van der Waals surface area contributed by atoms with Crippen LogP contribution in [-0.2, 0) is 9.47 Å². The highest BCUT2D eigenvalue weighted by Crippen LogP contribution is 2.19. The van der Waals surface area contributed by atoms with Crippen molar-refractivity contribution in [1.29, 1.82) is 0 Å². The van der Waals surface area contributed by atoms with E-state index in [0.717, 1.165) is 19.1 Å². The summed E-state index contributed by atoms with van der Waals surface area (Å²) in [7, 11) is 0. The van der Waals surface area contributed by atoms with Crippen LogP contribution in [-0.4, -0.2) is 25.4 Å². The van der Waals surface area contributed by atoms with E-state index in [1.807, 2.05) is 0 Å². The maximum Gasteiger partial charge on any atom is 0.0598 e. The molecule has 2 heterocycles. The first-order valence-corrected chi connectivity index (χ1v) is 7.34. The van der Waals surface area contributed by atoms with E-state index in [0.29, 0.717) is 18.1 Å². The van der Waals surface area contributed by atoms with Crippen LogP contribution in [0.4, 0.5) is 0 Å². The molecule has 0 aliphatic carbocycles. The molecule has 0 spiro atoms. The van der Waals surface area contributed by atoms with Gasteiger partial charge in [0.25, 0.3) is 0 Å². The van der Waals surface area contributed by atoms with Crippen LogP contribution in [0.5, 0.6) is 0 Å². The van der Waals surface area contributed by atoms with Crippen LogP contribution < -0.4 is 0 Å². The van der Waals surface area contributed by atoms with Crippen LogP contribution in [0.3, 0.4) is 0 Å². The Hall–Kier alpha value is -0.0800. The SMILES string of the molecule is C.C.CC(C)C1CCCCO1.CC(C)C1CCCO1. The Morgan fingerprint density at radius 3 is 1.32 bits per heavy atom. The van der Waals surface area contributed by atoms with Gasteiger partial charge in [0.15, 0.2) is 0 Å². The molecule has 0 aromatic rings. The first-order chi connectivity index (χ1) is 8.11. The molecule has 0 aromatic carbocycles. The van der Waals surface area contributed by atoms with Crippen molar-refractivity contribution in [2.45, 2.75) is 86.9 Å². The number of hydrogen-bond acceptors (Lipinski definition) is 2. The van der Waals surface area contributed by atoms with Gasteiger partial charge in [-0.2, -0.15) is 0 Å². The molecule has 0 saturated carbocycles. The standard InChI is InChI=1S/C8H16O.C7H14O.2CH4/c1-7(2)8-5-3-4-6-9-8;1-6(2)7-4-3-5-8-7;;/h7-8H,3-6H2,1-2H3;6-7H,3-5H2,1-2H3;2*1H4. The molecular weight excluding hydrogens is 236 g/mol. The highest BCUT2D eigenvalue weighted by atomic mass is 16.5. The first kappa shape index (κ1) is 21.2. The van der Waals surface area contributed by atoms with Crippen LogP contribution in [0, 0.1) is 11.8 Å². The summed E-state index contributed by atoms with van der Waals surface area (Å²) < 4.78 is 11.0. The largest absolute Gasteiger partial charge is 0.378 e. The zero-order chi connectivity index (χ0) is 12.7. The molecule has 118 valence electrons. The topological polar surface area (TPSA) is 18.5 Å². The average Bonchev–Trinajstić information content (AvgIpc) is 2.84. The highest BCUT2D eigenvalue weighted by Gasteiger charge is 2.18. The van der Waals surface area contributed by atoms with E-state index in [9.17, 15) is 0 Å². The molecule has 2 unspecified atom stereocenters. The summed E-state index contributed by atoms with van der Waals surface area (Å²) in [6, 6.07) is 0. The summed E-state index contributed by atoms with van der Waals surface area (Å²) in [6.07, 6.45) is 7.57. The van der Waals surface area contributed by atoms with E-state index < -0.39 is 0 Å². The minimum absolute atomic E-state index is 0. The van der Waals surface area contributed by atoms with Crippen LogP contribution >= 0.6 is 0 Å².